The van der Waals surface area contributed by atoms with Gasteiger partial charge in [0.1, 0.15) is 0 Å². The van der Waals surface area contributed by atoms with Gasteiger partial charge in [-0.1, -0.05) is 5.21 Å². The van der Waals surface area contributed by atoms with Crippen molar-refractivity contribution in [2.24, 2.45) is 11.7 Å². The molecule has 0 bridgehead atoms. The molecule has 5 heteroatoms. The minimum atomic E-state index is 0.466. The summed E-state index contributed by atoms with van der Waals surface area (Å²) in [5.74, 6) is 0.677. The topological polar surface area (TPSA) is 66.0 Å². The number of hydrogen-bond donors (Lipinski definition) is 1. The SMILES string of the molecule is NCc1cn(CC2CCOCC2)nn1. The number of nitrogens with zero attached hydrogens (tertiary/aromatic N) is 3. The highest BCUT2D eigenvalue weighted by atomic mass is 16.5. The van der Waals surface area contributed by atoms with Crippen molar-refractivity contribution in [3.8, 4) is 0 Å². The molecule has 2 N–H and O–H groups in total. The van der Waals surface area contributed by atoms with Crippen LogP contribution in [0.25, 0.3) is 0 Å². The van der Waals surface area contributed by atoms with Crippen LogP contribution in [0.2, 0.25) is 0 Å². The minimum absolute atomic E-state index is 0.466. The summed E-state index contributed by atoms with van der Waals surface area (Å²) in [6, 6.07) is 0. The monoisotopic (exact) mass is 196 g/mol. The predicted octanol–water partition coefficient (Wildman–Crippen LogP) is 0.163. The molecule has 0 saturated carbocycles. The molecule has 0 spiro atoms. The zero-order valence-electron chi connectivity index (χ0n) is 8.22. The van der Waals surface area contributed by atoms with Gasteiger partial charge in [0.25, 0.3) is 0 Å². The quantitative estimate of drug-likeness (QED) is 0.748. The maximum absolute atomic E-state index is 5.46. The van der Waals surface area contributed by atoms with Crippen LogP contribution < -0.4 is 5.73 Å². The van der Waals surface area contributed by atoms with Crippen LogP contribution in [0.15, 0.2) is 6.20 Å². The zero-order valence-corrected chi connectivity index (χ0v) is 8.22. The first-order chi connectivity index (χ1) is 6.88. The number of ether oxygens (including phenoxy) is 1. The number of aromatic nitrogens is 3. The summed E-state index contributed by atoms with van der Waals surface area (Å²) in [4.78, 5) is 0. The maximum Gasteiger partial charge on any atom is 0.0962 e. The lowest BCUT2D eigenvalue weighted by Crippen LogP contribution is -2.20. The first kappa shape index (κ1) is 9.61. The van der Waals surface area contributed by atoms with Gasteiger partial charge in [-0.25, -0.2) is 0 Å². The lowest BCUT2D eigenvalue weighted by atomic mass is 10.0. The van der Waals surface area contributed by atoms with Crippen molar-refractivity contribution in [3.63, 3.8) is 0 Å². The van der Waals surface area contributed by atoms with E-state index in [-0.39, 0.29) is 0 Å². The first-order valence-corrected chi connectivity index (χ1v) is 5.05. The highest BCUT2D eigenvalue weighted by Crippen LogP contribution is 2.16. The van der Waals surface area contributed by atoms with Crippen molar-refractivity contribution in [1.29, 1.82) is 0 Å². The summed E-state index contributed by atoms with van der Waals surface area (Å²) in [6.07, 6.45) is 4.17. The molecule has 2 rings (SSSR count). The largest absolute Gasteiger partial charge is 0.381 e. The minimum Gasteiger partial charge on any atom is -0.381 e. The van der Waals surface area contributed by atoms with E-state index in [4.69, 9.17) is 10.5 Å². The molecule has 0 aliphatic carbocycles. The van der Waals surface area contributed by atoms with E-state index in [0.717, 1.165) is 38.3 Å². The van der Waals surface area contributed by atoms with Crippen LogP contribution in [-0.2, 0) is 17.8 Å². The molecule has 0 amide bonds. The van der Waals surface area contributed by atoms with Crippen molar-refractivity contribution in [3.05, 3.63) is 11.9 Å². The molecule has 1 aliphatic heterocycles. The van der Waals surface area contributed by atoms with Gasteiger partial charge in [0.15, 0.2) is 0 Å². The maximum atomic E-state index is 5.46. The van der Waals surface area contributed by atoms with Crippen molar-refractivity contribution in [2.45, 2.75) is 25.9 Å². The second kappa shape index (κ2) is 4.52. The molecule has 0 unspecified atom stereocenters. The standard InChI is InChI=1S/C9H16N4O/c10-5-9-7-13(12-11-9)6-8-1-3-14-4-2-8/h7-8H,1-6,10H2. The highest BCUT2D eigenvalue weighted by molar-refractivity contribution is 4.90. The van der Waals surface area contributed by atoms with Crippen molar-refractivity contribution < 1.29 is 4.74 Å². The fraction of sp³-hybridized carbons (Fsp3) is 0.778. The van der Waals surface area contributed by atoms with E-state index >= 15 is 0 Å². The molecule has 14 heavy (non-hydrogen) atoms. The second-order valence-electron chi connectivity index (χ2n) is 3.69. The lowest BCUT2D eigenvalue weighted by Gasteiger charge is -2.21. The van der Waals surface area contributed by atoms with Gasteiger partial charge in [0.05, 0.1) is 5.69 Å². The Morgan fingerprint density at radius 3 is 2.93 bits per heavy atom. The van der Waals surface area contributed by atoms with Gasteiger partial charge in [-0.2, -0.15) is 0 Å². The van der Waals surface area contributed by atoms with Crippen LogP contribution in [0, 0.1) is 5.92 Å². The lowest BCUT2D eigenvalue weighted by molar-refractivity contribution is 0.0600. The van der Waals surface area contributed by atoms with Gasteiger partial charge in [-0.15, -0.1) is 5.10 Å². The third-order valence-electron chi connectivity index (χ3n) is 2.58. The first-order valence-electron chi connectivity index (χ1n) is 5.05. The summed E-state index contributed by atoms with van der Waals surface area (Å²) in [6.45, 7) is 3.16. The Hall–Kier alpha value is -0.940. The molecule has 1 aromatic heterocycles. The second-order valence-corrected chi connectivity index (χ2v) is 3.69. The smallest absolute Gasteiger partial charge is 0.0962 e. The number of rotatable bonds is 3. The molecule has 78 valence electrons. The van der Waals surface area contributed by atoms with Crippen molar-refractivity contribution in [2.75, 3.05) is 13.2 Å². The average Bonchev–Trinajstić information content (AvgIpc) is 2.67. The van der Waals surface area contributed by atoms with E-state index in [2.05, 4.69) is 10.3 Å². The molecule has 0 aromatic carbocycles. The summed E-state index contributed by atoms with van der Waals surface area (Å²) in [7, 11) is 0. The highest BCUT2D eigenvalue weighted by Gasteiger charge is 2.14. The van der Waals surface area contributed by atoms with E-state index in [9.17, 15) is 0 Å². The van der Waals surface area contributed by atoms with Crippen LogP contribution >= 0.6 is 0 Å². The van der Waals surface area contributed by atoms with E-state index in [1.54, 1.807) is 0 Å². The molecule has 5 nitrogen and oxygen atoms in total. The normalized spacial score (nSPS) is 18.6. The molecule has 1 fully saturated rings. The predicted molar refractivity (Wildman–Crippen MR) is 51.5 cm³/mol. The van der Waals surface area contributed by atoms with E-state index in [0.29, 0.717) is 12.5 Å². The molecular weight excluding hydrogens is 180 g/mol. The van der Waals surface area contributed by atoms with Gasteiger partial charge >= 0.3 is 0 Å². The van der Waals surface area contributed by atoms with Gasteiger partial charge in [-0.3, -0.25) is 4.68 Å². The van der Waals surface area contributed by atoms with E-state index < -0.39 is 0 Å². The molecule has 0 atom stereocenters. The third-order valence-corrected chi connectivity index (χ3v) is 2.58. The van der Waals surface area contributed by atoms with Crippen LogP contribution in [-0.4, -0.2) is 28.2 Å². The zero-order chi connectivity index (χ0) is 9.80. The fourth-order valence-corrected chi connectivity index (χ4v) is 1.71. The Balaban J connectivity index is 1.89. The molecular formula is C9H16N4O. The van der Waals surface area contributed by atoms with E-state index in [1.165, 1.54) is 0 Å². The van der Waals surface area contributed by atoms with Crippen LogP contribution in [0.3, 0.4) is 0 Å². The fourth-order valence-electron chi connectivity index (χ4n) is 1.71. The molecule has 2 heterocycles. The van der Waals surface area contributed by atoms with Crippen LogP contribution in [0.1, 0.15) is 18.5 Å². The Labute approximate surface area is 83.2 Å². The Morgan fingerprint density at radius 1 is 1.50 bits per heavy atom. The number of hydrogen-bond acceptors (Lipinski definition) is 4. The molecule has 1 aliphatic rings. The van der Waals surface area contributed by atoms with Crippen LogP contribution in [0.4, 0.5) is 0 Å². The van der Waals surface area contributed by atoms with Crippen molar-refractivity contribution >= 4 is 0 Å². The summed E-state index contributed by atoms with van der Waals surface area (Å²) < 4.78 is 7.19. The van der Waals surface area contributed by atoms with Gasteiger partial charge in [-0.05, 0) is 18.8 Å². The third kappa shape index (κ3) is 2.30. The van der Waals surface area contributed by atoms with Gasteiger partial charge in [0.2, 0.25) is 0 Å². The summed E-state index contributed by atoms with van der Waals surface area (Å²) in [5.41, 5.74) is 6.32. The molecule has 1 saturated heterocycles. The Kier molecular flexibility index (Phi) is 3.10. The summed E-state index contributed by atoms with van der Waals surface area (Å²) in [5, 5.41) is 7.98. The van der Waals surface area contributed by atoms with Crippen molar-refractivity contribution in [1.82, 2.24) is 15.0 Å². The summed E-state index contributed by atoms with van der Waals surface area (Å²) >= 11 is 0. The van der Waals surface area contributed by atoms with Gasteiger partial charge < -0.3 is 10.5 Å². The molecule has 0 radical (unpaired) electrons. The average molecular weight is 196 g/mol. The Bertz CT molecular complexity index is 280. The molecule has 1 aromatic rings. The number of nitrogens with two attached hydrogens (primary N) is 1. The van der Waals surface area contributed by atoms with E-state index in [1.807, 2.05) is 10.9 Å². The van der Waals surface area contributed by atoms with Crippen LogP contribution in [0.5, 0.6) is 0 Å². The Morgan fingerprint density at radius 2 is 2.29 bits per heavy atom. The van der Waals surface area contributed by atoms with Gasteiger partial charge in [0, 0.05) is 32.5 Å².